The van der Waals surface area contributed by atoms with Gasteiger partial charge < -0.3 is 14.2 Å². The van der Waals surface area contributed by atoms with Crippen molar-refractivity contribution in [2.45, 2.75) is 114 Å². The van der Waals surface area contributed by atoms with Gasteiger partial charge in [-0.15, -0.1) is 0 Å². The number of hydrogen-bond acceptors (Lipinski definition) is 3. The van der Waals surface area contributed by atoms with Crippen LogP contribution in [0.5, 0.6) is 0 Å². The van der Waals surface area contributed by atoms with E-state index in [0.717, 1.165) is 52.3 Å². The average Bonchev–Trinajstić information content (AvgIpc) is 3.62. The van der Waals surface area contributed by atoms with Crippen molar-refractivity contribution in [2.75, 3.05) is 9.80 Å². The number of fused-ring (bicyclic) bond motifs is 1. The highest BCUT2D eigenvalue weighted by Crippen LogP contribution is 2.45. The number of nitrogens with zero attached hydrogens (tertiary/aromatic N) is 2. The van der Waals surface area contributed by atoms with E-state index in [2.05, 4.69) is 233 Å². The van der Waals surface area contributed by atoms with Crippen molar-refractivity contribution < 1.29 is 4.42 Å². The molecule has 0 N–H and O–H groups in total. The Morgan fingerprint density at radius 1 is 0.783 bits per heavy atom. The van der Waals surface area contributed by atoms with Gasteiger partial charge in [-0.25, -0.2) is 0 Å². The molecule has 0 bridgehead atoms. The predicted molar refractivity (Wildman–Crippen MR) is 262 cm³/mol. The normalized spacial score (nSPS) is 16.8. The average molecular weight is 797 g/mol. The van der Waals surface area contributed by atoms with Crippen LogP contribution in [-0.2, 0) is 5.41 Å². The first-order valence-electron chi connectivity index (χ1n) is 22.0. The minimum atomic E-state index is 0.0495. The van der Waals surface area contributed by atoms with Crippen molar-refractivity contribution in [3.63, 3.8) is 0 Å². The number of rotatable bonds is 13. The first-order chi connectivity index (χ1) is 28.6. The van der Waals surface area contributed by atoms with Gasteiger partial charge in [0.15, 0.2) is 0 Å². The van der Waals surface area contributed by atoms with Crippen LogP contribution in [0.3, 0.4) is 0 Å². The van der Waals surface area contributed by atoms with Crippen LogP contribution in [0.1, 0.15) is 106 Å². The lowest BCUT2D eigenvalue weighted by Gasteiger charge is -2.38. The lowest BCUT2D eigenvalue weighted by molar-refractivity contribution is 0.494. The number of anilines is 4. The van der Waals surface area contributed by atoms with Gasteiger partial charge in [0, 0.05) is 28.1 Å². The van der Waals surface area contributed by atoms with Gasteiger partial charge in [-0.1, -0.05) is 140 Å². The van der Waals surface area contributed by atoms with Crippen LogP contribution in [0.2, 0.25) is 0 Å². The molecule has 312 valence electrons. The first-order valence-corrected chi connectivity index (χ1v) is 22.0. The molecule has 1 heterocycles. The van der Waals surface area contributed by atoms with E-state index >= 15 is 0 Å². The number of allylic oxidation sites excluding steroid dienone is 10. The first kappa shape index (κ1) is 44.0. The van der Waals surface area contributed by atoms with Gasteiger partial charge in [-0.3, -0.25) is 0 Å². The number of benzene rings is 4. The van der Waals surface area contributed by atoms with Gasteiger partial charge in [0.1, 0.15) is 11.8 Å². The Morgan fingerprint density at radius 2 is 1.47 bits per heavy atom. The standard InChI is InChI=1S/C57H68N2O/c1-14-17-21-40(5)44(15-2)25-24-43(8)58(48-29-26-46(27-30-48)45-22-19-18-20-23-45)49-32-39(4)33-50(36-49)59(53-31-28-47(34-42(53)7)56(9,10)11)54-38-60-55-37-52(57(12,13)16-3)41(6)35-51(54)55/h14,17-38,42,53H,15-16H2,1-13H3/b17-14-,40-21+,43-24+,44-25+. The fourth-order valence-electron chi connectivity index (χ4n) is 8.56. The Balaban J connectivity index is 1.55. The van der Waals surface area contributed by atoms with Crippen LogP contribution in [0.4, 0.5) is 22.7 Å². The molecular formula is C57H68N2O. The number of hydrogen-bond donors (Lipinski definition) is 0. The Kier molecular flexibility index (Phi) is 13.5. The van der Waals surface area contributed by atoms with E-state index in [-0.39, 0.29) is 22.8 Å². The van der Waals surface area contributed by atoms with E-state index in [4.69, 9.17) is 4.42 Å². The van der Waals surface area contributed by atoms with Crippen LogP contribution < -0.4 is 9.80 Å². The summed E-state index contributed by atoms with van der Waals surface area (Å²) in [5.74, 6) is 0.247. The molecule has 0 spiro atoms. The van der Waals surface area contributed by atoms with E-state index < -0.39 is 0 Å². The molecule has 0 aliphatic heterocycles. The van der Waals surface area contributed by atoms with Crippen molar-refractivity contribution in [3.05, 3.63) is 179 Å². The van der Waals surface area contributed by atoms with E-state index in [0.29, 0.717) is 0 Å². The highest BCUT2D eigenvalue weighted by atomic mass is 16.3. The Morgan fingerprint density at radius 3 is 2.10 bits per heavy atom. The zero-order valence-electron chi connectivity index (χ0n) is 38.7. The number of aryl methyl sites for hydroxylation is 2. The predicted octanol–water partition coefficient (Wildman–Crippen LogP) is 17.0. The summed E-state index contributed by atoms with van der Waals surface area (Å²) in [5.41, 5.74) is 16.8. The van der Waals surface area contributed by atoms with Crippen LogP contribution >= 0.6 is 0 Å². The van der Waals surface area contributed by atoms with E-state index in [1.807, 2.05) is 6.26 Å². The molecule has 0 fully saturated rings. The second-order valence-corrected chi connectivity index (χ2v) is 18.5. The molecule has 1 aromatic heterocycles. The van der Waals surface area contributed by atoms with E-state index in [1.165, 1.54) is 44.5 Å². The summed E-state index contributed by atoms with van der Waals surface area (Å²) in [5, 5.41) is 1.14. The van der Waals surface area contributed by atoms with Gasteiger partial charge in [-0.05, 0) is 157 Å². The zero-order valence-corrected chi connectivity index (χ0v) is 38.7. The molecule has 0 saturated heterocycles. The quantitative estimate of drug-likeness (QED) is 0.111. The largest absolute Gasteiger partial charge is 0.462 e. The zero-order chi connectivity index (χ0) is 43.4. The van der Waals surface area contributed by atoms with Gasteiger partial charge in [0.25, 0.3) is 0 Å². The lowest BCUT2D eigenvalue weighted by Crippen LogP contribution is -2.36. The Hall–Kier alpha value is -5.54. The fraction of sp³-hybridized carbons (Fsp3) is 0.333. The highest BCUT2D eigenvalue weighted by Gasteiger charge is 2.32. The maximum absolute atomic E-state index is 6.54. The molecule has 1 aliphatic rings. The summed E-state index contributed by atoms with van der Waals surface area (Å²) in [6.07, 6.45) is 22.2. The molecule has 0 amide bonds. The minimum Gasteiger partial charge on any atom is -0.462 e. The molecule has 2 unspecified atom stereocenters. The van der Waals surface area contributed by atoms with Gasteiger partial charge in [0.05, 0.1) is 11.7 Å². The Labute approximate surface area is 362 Å². The monoisotopic (exact) mass is 797 g/mol. The van der Waals surface area contributed by atoms with E-state index in [1.54, 1.807) is 0 Å². The third-order valence-corrected chi connectivity index (χ3v) is 12.5. The second kappa shape index (κ2) is 18.4. The van der Waals surface area contributed by atoms with Crippen LogP contribution in [0, 0.1) is 25.2 Å². The lowest BCUT2D eigenvalue weighted by atomic mass is 9.79. The topological polar surface area (TPSA) is 19.6 Å². The van der Waals surface area contributed by atoms with Crippen molar-refractivity contribution in [3.8, 4) is 11.1 Å². The third-order valence-electron chi connectivity index (χ3n) is 12.5. The molecule has 0 saturated carbocycles. The molecule has 3 heteroatoms. The summed E-state index contributed by atoms with van der Waals surface area (Å²) in [6, 6.07) is 31.4. The van der Waals surface area contributed by atoms with Crippen molar-refractivity contribution in [1.82, 2.24) is 0 Å². The molecule has 3 nitrogen and oxygen atoms in total. The third kappa shape index (κ3) is 9.57. The maximum atomic E-state index is 6.54. The SMILES string of the molecule is C\C=C/C=C(C)/C(=C/C=C(\C)N(c1ccc(-c2ccccc2)cc1)c1cc(C)cc(N(c2coc3cc(C(C)(C)CC)c(C)cc23)C2C=CC(C(C)(C)C)=CC2C)c1)CC. The molecule has 1 aliphatic carbocycles. The van der Waals surface area contributed by atoms with Crippen LogP contribution in [0.15, 0.2) is 167 Å². The summed E-state index contributed by atoms with van der Waals surface area (Å²) in [6.45, 7) is 29.4. The van der Waals surface area contributed by atoms with Gasteiger partial charge in [-0.2, -0.15) is 0 Å². The summed E-state index contributed by atoms with van der Waals surface area (Å²) < 4.78 is 6.54. The Bertz CT molecular complexity index is 2470. The van der Waals surface area contributed by atoms with Crippen molar-refractivity contribution in [2.24, 2.45) is 11.3 Å². The van der Waals surface area contributed by atoms with Crippen LogP contribution in [-0.4, -0.2) is 6.04 Å². The maximum Gasteiger partial charge on any atom is 0.136 e. The number of furan rings is 1. The van der Waals surface area contributed by atoms with Crippen molar-refractivity contribution >= 4 is 33.7 Å². The van der Waals surface area contributed by atoms with E-state index in [9.17, 15) is 0 Å². The van der Waals surface area contributed by atoms with Crippen molar-refractivity contribution in [1.29, 1.82) is 0 Å². The van der Waals surface area contributed by atoms with Gasteiger partial charge >= 0.3 is 0 Å². The molecule has 60 heavy (non-hydrogen) atoms. The smallest absolute Gasteiger partial charge is 0.136 e. The summed E-state index contributed by atoms with van der Waals surface area (Å²) in [7, 11) is 0. The summed E-state index contributed by atoms with van der Waals surface area (Å²) >= 11 is 0. The molecule has 4 aromatic carbocycles. The molecule has 0 radical (unpaired) electrons. The summed E-state index contributed by atoms with van der Waals surface area (Å²) in [4.78, 5) is 4.94. The molecular weight excluding hydrogens is 729 g/mol. The second-order valence-electron chi connectivity index (χ2n) is 18.5. The minimum absolute atomic E-state index is 0.0495. The fourth-order valence-corrected chi connectivity index (χ4v) is 8.56. The highest BCUT2D eigenvalue weighted by molar-refractivity contribution is 5.95. The molecule has 2 atom stereocenters. The van der Waals surface area contributed by atoms with Crippen LogP contribution in [0.25, 0.3) is 22.1 Å². The van der Waals surface area contributed by atoms with Gasteiger partial charge in [0.2, 0.25) is 0 Å². The molecule has 6 rings (SSSR count). The molecule has 5 aromatic rings.